The molecule has 0 aliphatic carbocycles. The molecule has 3 nitrogen and oxygen atoms in total. The van der Waals surface area contributed by atoms with E-state index in [1.165, 1.54) is 28.5 Å². The zero-order valence-corrected chi connectivity index (χ0v) is 17.9. The average molecular weight is 378 g/mol. The van der Waals surface area contributed by atoms with E-state index < -0.39 is 16.5 Å². The Morgan fingerprint density at radius 3 is 1.96 bits per heavy atom. The lowest BCUT2D eigenvalue weighted by atomic mass is 10.4. The molecular formula is C21H27N3Si2. The van der Waals surface area contributed by atoms with Crippen molar-refractivity contribution in [3.8, 4) is 0 Å². The van der Waals surface area contributed by atoms with Gasteiger partial charge in [-0.2, -0.15) is 5.10 Å². The van der Waals surface area contributed by atoms with Crippen molar-refractivity contribution in [2.45, 2.75) is 32.1 Å². The van der Waals surface area contributed by atoms with Gasteiger partial charge < -0.3 is 4.57 Å². The van der Waals surface area contributed by atoms with Gasteiger partial charge in [-0.15, -0.1) is 0 Å². The van der Waals surface area contributed by atoms with E-state index in [9.17, 15) is 0 Å². The van der Waals surface area contributed by atoms with Crippen molar-refractivity contribution in [2.75, 3.05) is 11.1 Å². The lowest BCUT2D eigenvalue weighted by molar-refractivity contribution is 0.933. The molecule has 0 spiro atoms. The van der Waals surface area contributed by atoms with E-state index >= 15 is 0 Å². The molecule has 5 heteroatoms. The van der Waals surface area contributed by atoms with Gasteiger partial charge >= 0.3 is 0 Å². The molecule has 26 heavy (non-hydrogen) atoms. The highest BCUT2D eigenvalue weighted by molar-refractivity contribution is 7.05. The van der Waals surface area contributed by atoms with Gasteiger partial charge in [-0.25, -0.2) is 0 Å². The van der Waals surface area contributed by atoms with Crippen molar-refractivity contribution in [1.29, 1.82) is 0 Å². The molecule has 2 aromatic carbocycles. The summed E-state index contributed by atoms with van der Waals surface area (Å²) in [6, 6.07) is 23.6. The maximum Gasteiger partial charge on any atom is 0.220 e. The van der Waals surface area contributed by atoms with Gasteiger partial charge in [-0.05, 0) is 42.5 Å². The first-order valence-electron chi connectivity index (χ1n) is 9.46. The number of hydrogen-bond acceptors (Lipinski definition) is 2. The second kappa shape index (κ2) is 6.56. The molecule has 0 radical (unpaired) electrons. The highest BCUT2D eigenvalue weighted by Crippen LogP contribution is 2.31. The normalized spacial score (nSPS) is 16.8. The lowest BCUT2D eigenvalue weighted by Gasteiger charge is -2.38. The van der Waals surface area contributed by atoms with Gasteiger partial charge in [0.15, 0.2) is 8.24 Å². The average Bonchev–Trinajstić information content (AvgIpc) is 3.30. The minimum atomic E-state index is -2.01. The van der Waals surface area contributed by atoms with E-state index in [1.807, 2.05) is 0 Å². The summed E-state index contributed by atoms with van der Waals surface area (Å²) in [6.07, 6.45) is 5.64. The summed E-state index contributed by atoms with van der Waals surface area (Å²) in [5, 5.41) is 7.75. The number of hydrogen-bond donors (Lipinski definition) is 0. The number of aromatic nitrogens is 2. The highest BCUT2D eigenvalue weighted by Gasteiger charge is 2.47. The molecule has 2 heterocycles. The maximum atomic E-state index is 4.74. The molecule has 0 amide bonds. The zero-order chi connectivity index (χ0) is 18.2. The minimum absolute atomic E-state index is 1.12. The summed E-state index contributed by atoms with van der Waals surface area (Å²) in [5.41, 5.74) is 1.30. The molecule has 3 aromatic rings. The highest BCUT2D eigenvalue weighted by atomic mass is 28.3. The first kappa shape index (κ1) is 17.3. The molecule has 0 saturated carbocycles. The van der Waals surface area contributed by atoms with Crippen molar-refractivity contribution in [1.82, 2.24) is 9.45 Å². The van der Waals surface area contributed by atoms with Gasteiger partial charge in [0.25, 0.3) is 0 Å². The Hall–Kier alpha value is -2.12. The summed E-state index contributed by atoms with van der Waals surface area (Å²) in [6.45, 7) is 8.14. The van der Waals surface area contributed by atoms with Crippen LogP contribution in [0.15, 0.2) is 73.1 Å². The molecule has 0 unspecified atom stereocenters. The van der Waals surface area contributed by atoms with Crippen LogP contribution in [-0.4, -0.2) is 32.5 Å². The predicted octanol–water partition coefficient (Wildman–Crippen LogP) is 3.54. The molecule has 0 N–H and O–H groups in total. The van der Waals surface area contributed by atoms with Crippen LogP contribution >= 0.6 is 0 Å². The summed E-state index contributed by atoms with van der Waals surface area (Å²) in [5.74, 6) is 0. The summed E-state index contributed by atoms with van der Waals surface area (Å²) < 4.78 is 4.94. The molecule has 0 bridgehead atoms. The Morgan fingerprint density at radius 2 is 1.46 bits per heavy atom. The van der Waals surface area contributed by atoms with Crippen LogP contribution < -0.4 is 14.9 Å². The standard InChI is InChI=1S/C21H27N3Si2/c1-25(2,3)24-18-19(17-22-24)23-15-10-16-26(23,20-11-6-4-7-12-20)21-13-8-5-9-14-21/h4-9,11-14,17-18H,10,15-16H2,1-3H3. The van der Waals surface area contributed by atoms with Crippen LogP contribution in [0.5, 0.6) is 0 Å². The Morgan fingerprint density at radius 1 is 0.885 bits per heavy atom. The summed E-state index contributed by atoms with van der Waals surface area (Å²) in [7, 11) is -3.48. The first-order valence-corrected chi connectivity index (χ1v) is 15.1. The molecule has 134 valence electrons. The minimum Gasteiger partial charge on any atom is -0.387 e. The van der Waals surface area contributed by atoms with Crippen LogP contribution in [0.4, 0.5) is 5.69 Å². The van der Waals surface area contributed by atoms with E-state index in [4.69, 9.17) is 5.10 Å². The van der Waals surface area contributed by atoms with Gasteiger partial charge in [0.2, 0.25) is 8.24 Å². The lowest BCUT2D eigenvalue weighted by Crippen LogP contribution is -2.67. The van der Waals surface area contributed by atoms with Gasteiger partial charge in [0, 0.05) is 12.7 Å². The van der Waals surface area contributed by atoms with Gasteiger partial charge in [0.05, 0.1) is 11.9 Å². The predicted molar refractivity (Wildman–Crippen MR) is 116 cm³/mol. The van der Waals surface area contributed by atoms with Gasteiger partial charge in [-0.3, -0.25) is 4.35 Å². The fourth-order valence-corrected chi connectivity index (χ4v) is 10.2. The third kappa shape index (κ3) is 2.85. The van der Waals surface area contributed by atoms with Crippen LogP contribution in [-0.2, 0) is 0 Å². The van der Waals surface area contributed by atoms with Crippen molar-refractivity contribution >= 4 is 32.5 Å². The van der Waals surface area contributed by atoms with Crippen molar-refractivity contribution in [3.63, 3.8) is 0 Å². The third-order valence-corrected chi connectivity index (χ3v) is 12.1. The van der Waals surface area contributed by atoms with Gasteiger partial charge in [-0.1, -0.05) is 60.7 Å². The molecule has 1 fully saturated rings. The number of anilines is 1. The Labute approximate surface area is 158 Å². The number of benzene rings is 2. The smallest absolute Gasteiger partial charge is 0.220 e. The molecule has 1 aliphatic rings. The van der Waals surface area contributed by atoms with Crippen LogP contribution in [0.2, 0.25) is 25.7 Å². The van der Waals surface area contributed by atoms with Crippen LogP contribution in [0.25, 0.3) is 0 Å². The van der Waals surface area contributed by atoms with Crippen molar-refractivity contribution in [2.24, 2.45) is 0 Å². The first-order chi connectivity index (χ1) is 12.5. The fraction of sp³-hybridized carbons (Fsp3) is 0.286. The van der Waals surface area contributed by atoms with Crippen molar-refractivity contribution < 1.29 is 0 Å². The van der Waals surface area contributed by atoms with E-state index in [1.54, 1.807) is 0 Å². The number of rotatable bonds is 4. The monoisotopic (exact) mass is 377 g/mol. The second-order valence-corrected chi connectivity index (χ2v) is 16.9. The quantitative estimate of drug-likeness (QED) is 0.649. The Bertz CT molecular complexity index is 830. The summed E-state index contributed by atoms with van der Waals surface area (Å²) >= 11 is 0. The largest absolute Gasteiger partial charge is 0.387 e. The third-order valence-electron chi connectivity index (χ3n) is 5.45. The van der Waals surface area contributed by atoms with Crippen LogP contribution in [0.1, 0.15) is 6.42 Å². The SMILES string of the molecule is C[Si](C)(C)n1cc(N2CCC[Si]2(c2ccccc2)c2ccccc2)cn1. The van der Waals surface area contributed by atoms with Crippen LogP contribution in [0, 0.1) is 0 Å². The van der Waals surface area contributed by atoms with Gasteiger partial charge in [0.1, 0.15) is 0 Å². The van der Waals surface area contributed by atoms with Crippen molar-refractivity contribution in [3.05, 3.63) is 73.1 Å². The molecule has 1 aliphatic heterocycles. The zero-order valence-electron chi connectivity index (χ0n) is 15.9. The fourth-order valence-electron chi connectivity index (χ4n) is 4.18. The second-order valence-electron chi connectivity index (χ2n) is 8.16. The number of nitrogens with zero attached hydrogens (tertiary/aromatic N) is 3. The Kier molecular flexibility index (Phi) is 4.36. The van der Waals surface area contributed by atoms with E-state index in [0.29, 0.717) is 0 Å². The molecule has 1 aromatic heterocycles. The van der Waals surface area contributed by atoms with E-state index in [0.717, 1.165) is 6.54 Å². The molecule has 4 rings (SSSR count). The molecule has 1 saturated heterocycles. The van der Waals surface area contributed by atoms with Crippen LogP contribution in [0.3, 0.4) is 0 Å². The topological polar surface area (TPSA) is 21.1 Å². The maximum absolute atomic E-state index is 4.74. The molecule has 0 atom stereocenters. The van der Waals surface area contributed by atoms with E-state index in [2.05, 4.69) is 102 Å². The Balaban J connectivity index is 1.87. The van der Waals surface area contributed by atoms with E-state index in [-0.39, 0.29) is 0 Å². The molecular weight excluding hydrogens is 350 g/mol. The summed E-state index contributed by atoms with van der Waals surface area (Å²) in [4.78, 5) is 0.